The van der Waals surface area contributed by atoms with Gasteiger partial charge in [-0.2, -0.15) is 0 Å². The fourth-order valence-electron chi connectivity index (χ4n) is 1.62. The topological polar surface area (TPSA) is 94.3 Å². The number of aromatic nitrogens is 1. The van der Waals surface area contributed by atoms with Gasteiger partial charge in [-0.05, 0) is 19.3 Å². The minimum Gasteiger partial charge on any atom is -0.466 e. The molecule has 0 bridgehead atoms. The van der Waals surface area contributed by atoms with E-state index in [2.05, 4.69) is 10.3 Å². The Balaban J connectivity index is 2.51. The Hall–Kier alpha value is -1.47. The number of carbonyl (C=O) groups is 2. The number of thiazole rings is 1. The Morgan fingerprint density at radius 2 is 2.20 bits per heavy atom. The van der Waals surface area contributed by atoms with Gasteiger partial charge < -0.3 is 15.8 Å². The van der Waals surface area contributed by atoms with E-state index in [9.17, 15) is 9.59 Å². The molecule has 112 valence electrons. The van der Waals surface area contributed by atoms with Crippen molar-refractivity contribution in [2.24, 2.45) is 11.7 Å². The quantitative estimate of drug-likeness (QED) is 0.745. The van der Waals surface area contributed by atoms with Crippen molar-refractivity contribution in [3.05, 3.63) is 11.1 Å². The highest BCUT2D eigenvalue weighted by Gasteiger charge is 2.17. The van der Waals surface area contributed by atoms with Crippen molar-refractivity contribution in [3.63, 3.8) is 0 Å². The van der Waals surface area contributed by atoms with Crippen molar-refractivity contribution in [2.45, 2.75) is 39.7 Å². The third kappa shape index (κ3) is 5.66. The molecule has 3 N–H and O–H groups in total. The van der Waals surface area contributed by atoms with Crippen molar-refractivity contribution in [1.82, 2.24) is 4.98 Å². The highest BCUT2D eigenvalue weighted by molar-refractivity contribution is 7.13. The Bertz CT molecular complexity index is 459. The first-order valence-electron chi connectivity index (χ1n) is 6.58. The number of nitrogens with one attached hydrogen (secondary N) is 1. The van der Waals surface area contributed by atoms with Crippen LogP contribution in [0, 0.1) is 5.92 Å². The molecule has 0 aliphatic rings. The van der Waals surface area contributed by atoms with Gasteiger partial charge in [0.2, 0.25) is 5.91 Å². The van der Waals surface area contributed by atoms with Crippen LogP contribution in [0.5, 0.6) is 0 Å². The van der Waals surface area contributed by atoms with E-state index in [1.807, 2.05) is 13.8 Å². The van der Waals surface area contributed by atoms with Crippen LogP contribution in [0.2, 0.25) is 0 Å². The van der Waals surface area contributed by atoms with Gasteiger partial charge in [0.25, 0.3) is 0 Å². The van der Waals surface area contributed by atoms with Crippen LogP contribution in [0.1, 0.15) is 32.9 Å². The van der Waals surface area contributed by atoms with E-state index in [1.165, 1.54) is 11.3 Å². The molecule has 0 radical (unpaired) electrons. The number of nitrogens with two attached hydrogens (primary N) is 1. The summed E-state index contributed by atoms with van der Waals surface area (Å²) in [5, 5.41) is 4.84. The molecular weight excluding hydrogens is 278 g/mol. The van der Waals surface area contributed by atoms with Crippen LogP contribution in [-0.2, 0) is 20.7 Å². The van der Waals surface area contributed by atoms with Crippen LogP contribution in [0.25, 0.3) is 0 Å². The number of rotatable bonds is 7. The second-order valence-corrected chi connectivity index (χ2v) is 5.71. The average molecular weight is 299 g/mol. The number of ether oxygens (including phenoxy) is 1. The summed E-state index contributed by atoms with van der Waals surface area (Å²) in [5.41, 5.74) is 6.37. The first-order valence-corrected chi connectivity index (χ1v) is 7.46. The predicted molar refractivity (Wildman–Crippen MR) is 78.5 cm³/mol. The van der Waals surface area contributed by atoms with Crippen LogP contribution in [0.4, 0.5) is 5.13 Å². The summed E-state index contributed by atoms with van der Waals surface area (Å²) in [7, 11) is 0. The lowest BCUT2D eigenvalue weighted by molar-refractivity contribution is -0.142. The number of amides is 1. The van der Waals surface area contributed by atoms with Gasteiger partial charge in [-0.1, -0.05) is 13.8 Å². The largest absolute Gasteiger partial charge is 0.466 e. The summed E-state index contributed by atoms with van der Waals surface area (Å²) in [6.45, 7) is 6.11. The zero-order valence-electron chi connectivity index (χ0n) is 12.0. The molecule has 0 aromatic carbocycles. The summed E-state index contributed by atoms with van der Waals surface area (Å²) < 4.78 is 4.84. The number of hydrogen-bond donors (Lipinski definition) is 2. The maximum atomic E-state index is 11.8. The first-order chi connectivity index (χ1) is 9.42. The molecule has 1 rings (SSSR count). The molecule has 7 heteroatoms. The summed E-state index contributed by atoms with van der Waals surface area (Å²) >= 11 is 1.27. The number of esters is 1. The van der Waals surface area contributed by atoms with Crippen LogP contribution < -0.4 is 11.1 Å². The predicted octanol–water partition coefficient (Wildman–Crippen LogP) is 1.56. The fourth-order valence-corrected chi connectivity index (χ4v) is 2.33. The molecule has 0 aliphatic heterocycles. The lowest BCUT2D eigenvalue weighted by Crippen LogP contribution is -2.36. The number of anilines is 1. The lowest BCUT2D eigenvalue weighted by Gasteiger charge is -2.12. The van der Waals surface area contributed by atoms with Crippen molar-refractivity contribution >= 4 is 28.3 Å². The van der Waals surface area contributed by atoms with E-state index < -0.39 is 6.04 Å². The van der Waals surface area contributed by atoms with Crippen molar-refractivity contribution in [1.29, 1.82) is 0 Å². The Kier molecular flexibility index (Phi) is 6.60. The lowest BCUT2D eigenvalue weighted by atomic mass is 10.0. The van der Waals surface area contributed by atoms with E-state index in [-0.39, 0.29) is 18.3 Å². The van der Waals surface area contributed by atoms with Gasteiger partial charge in [-0.25, -0.2) is 4.98 Å². The van der Waals surface area contributed by atoms with Crippen LogP contribution >= 0.6 is 11.3 Å². The smallest absolute Gasteiger partial charge is 0.311 e. The molecule has 1 aromatic rings. The summed E-state index contributed by atoms with van der Waals surface area (Å²) in [6, 6.07) is -0.549. The molecule has 1 heterocycles. The minimum absolute atomic E-state index is 0.109. The Labute approximate surface area is 122 Å². The van der Waals surface area contributed by atoms with Crippen molar-refractivity contribution in [2.75, 3.05) is 11.9 Å². The molecular formula is C13H21N3O3S. The molecule has 1 amide bonds. The Morgan fingerprint density at radius 3 is 2.80 bits per heavy atom. The summed E-state index contributed by atoms with van der Waals surface area (Å²) in [6.07, 6.45) is 0.727. The maximum Gasteiger partial charge on any atom is 0.311 e. The van der Waals surface area contributed by atoms with Crippen molar-refractivity contribution in [3.8, 4) is 0 Å². The first kappa shape index (κ1) is 16.6. The Morgan fingerprint density at radius 1 is 1.50 bits per heavy atom. The second kappa shape index (κ2) is 7.96. The van der Waals surface area contributed by atoms with E-state index in [0.29, 0.717) is 29.8 Å². The maximum absolute atomic E-state index is 11.8. The van der Waals surface area contributed by atoms with Gasteiger partial charge in [0.1, 0.15) is 0 Å². The molecule has 0 spiro atoms. The van der Waals surface area contributed by atoms with E-state index in [1.54, 1.807) is 12.3 Å². The standard InChI is InChI=1S/C13H21N3O3S/c1-4-19-11(17)6-9-7-20-13(15-9)16-12(18)10(14)5-8(2)3/h7-8,10H,4-6,14H2,1-3H3,(H,15,16,18)/t10-/m0/s1. The van der Waals surface area contributed by atoms with E-state index in [4.69, 9.17) is 10.5 Å². The molecule has 0 saturated carbocycles. The van der Waals surface area contributed by atoms with E-state index in [0.717, 1.165) is 0 Å². The molecule has 1 aromatic heterocycles. The van der Waals surface area contributed by atoms with E-state index >= 15 is 0 Å². The molecule has 0 aliphatic carbocycles. The van der Waals surface area contributed by atoms with Crippen LogP contribution in [-0.4, -0.2) is 29.5 Å². The number of carbonyl (C=O) groups excluding carboxylic acids is 2. The van der Waals surface area contributed by atoms with Gasteiger partial charge in [0.15, 0.2) is 5.13 Å². The van der Waals surface area contributed by atoms with Gasteiger partial charge in [0, 0.05) is 5.38 Å². The van der Waals surface area contributed by atoms with Crippen LogP contribution in [0.3, 0.4) is 0 Å². The van der Waals surface area contributed by atoms with Gasteiger partial charge >= 0.3 is 5.97 Å². The zero-order chi connectivity index (χ0) is 15.1. The molecule has 6 nitrogen and oxygen atoms in total. The fraction of sp³-hybridized carbons (Fsp3) is 0.615. The molecule has 0 saturated heterocycles. The highest BCUT2D eigenvalue weighted by Crippen LogP contribution is 2.17. The van der Waals surface area contributed by atoms with Gasteiger partial charge in [-0.15, -0.1) is 11.3 Å². The van der Waals surface area contributed by atoms with Crippen LogP contribution in [0.15, 0.2) is 5.38 Å². The number of hydrogen-bond acceptors (Lipinski definition) is 6. The normalized spacial score (nSPS) is 12.2. The second-order valence-electron chi connectivity index (χ2n) is 4.85. The molecule has 20 heavy (non-hydrogen) atoms. The molecule has 1 atom stereocenters. The number of nitrogens with zero attached hydrogens (tertiary/aromatic N) is 1. The zero-order valence-corrected chi connectivity index (χ0v) is 12.8. The highest BCUT2D eigenvalue weighted by atomic mass is 32.1. The molecule has 0 fully saturated rings. The van der Waals surface area contributed by atoms with Gasteiger partial charge in [-0.3, -0.25) is 9.59 Å². The summed E-state index contributed by atoms with van der Waals surface area (Å²) in [5.74, 6) is -0.227. The average Bonchev–Trinajstić information content (AvgIpc) is 2.75. The molecule has 0 unspecified atom stereocenters. The van der Waals surface area contributed by atoms with Crippen molar-refractivity contribution < 1.29 is 14.3 Å². The SMILES string of the molecule is CCOC(=O)Cc1csc(NC(=O)[C@@H](N)CC(C)C)n1. The summed E-state index contributed by atoms with van der Waals surface area (Å²) in [4.78, 5) is 27.3. The monoisotopic (exact) mass is 299 g/mol. The third-order valence-corrected chi connectivity index (χ3v) is 3.28. The minimum atomic E-state index is -0.549. The third-order valence-electron chi connectivity index (χ3n) is 2.47. The van der Waals surface area contributed by atoms with Gasteiger partial charge in [0.05, 0.1) is 24.8 Å².